The zero-order chi connectivity index (χ0) is 19.3. The summed E-state index contributed by atoms with van der Waals surface area (Å²) in [4.78, 5) is 32.0. The van der Waals surface area contributed by atoms with Gasteiger partial charge in [-0.05, 0) is 18.2 Å². The molecule has 2 aromatic carbocycles. The van der Waals surface area contributed by atoms with Crippen molar-refractivity contribution in [2.24, 2.45) is 0 Å². The Kier molecular flexibility index (Phi) is 4.83. The van der Waals surface area contributed by atoms with Gasteiger partial charge < -0.3 is 20.4 Å². The maximum absolute atomic E-state index is 12.1. The standard InChI is InChI=1S/C20H17N5O3/c26-19(24-10-9-23-18-12-21-7-8-22-18)20(27)25-13-5-6-15-14-3-1-2-4-16(14)28-17(15)11-13/h1-8,11-12H,9-10H2,(H,22,23)(H,24,26)(H,25,27). The fraction of sp³-hybridized carbons (Fsp3) is 0.100. The summed E-state index contributed by atoms with van der Waals surface area (Å²) in [7, 11) is 0. The molecule has 0 fully saturated rings. The van der Waals surface area contributed by atoms with Gasteiger partial charge in [-0.15, -0.1) is 0 Å². The molecule has 140 valence electrons. The molecular formula is C20H17N5O3. The summed E-state index contributed by atoms with van der Waals surface area (Å²) in [6.45, 7) is 0.689. The first-order chi connectivity index (χ1) is 13.7. The number of hydrogen-bond donors (Lipinski definition) is 3. The van der Waals surface area contributed by atoms with Crippen molar-refractivity contribution in [2.75, 3.05) is 23.7 Å². The maximum atomic E-state index is 12.1. The molecule has 3 N–H and O–H groups in total. The van der Waals surface area contributed by atoms with Crippen molar-refractivity contribution in [2.45, 2.75) is 0 Å². The van der Waals surface area contributed by atoms with E-state index in [2.05, 4.69) is 25.9 Å². The average molecular weight is 375 g/mol. The first kappa shape index (κ1) is 17.5. The molecule has 0 aliphatic carbocycles. The number of rotatable bonds is 5. The molecule has 0 unspecified atom stereocenters. The van der Waals surface area contributed by atoms with Crippen LogP contribution in [0.5, 0.6) is 0 Å². The molecule has 0 spiro atoms. The topological polar surface area (TPSA) is 109 Å². The molecule has 2 heterocycles. The van der Waals surface area contributed by atoms with Crippen LogP contribution in [0.3, 0.4) is 0 Å². The van der Waals surface area contributed by atoms with E-state index in [-0.39, 0.29) is 6.54 Å². The molecule has 2 aromatic heterocycles. The van der Waals surface area contributed by atoms with E-state index < -0.39 is 11.8 Å². The van der Waals surface area contributed by atoms with E-state index in [1.165, 1.54) is 0 Å². The number of hydrogen-bond acceptors (Lipinski definition) is 6. The van der Waals surface area contributed by atoms with Crippen molar-refractivity contribution in [3.8, 4) is 0 Å². The zero-order valence-corrected chi connectivity index (χ0v) is 14.8. The summed E-state index contributed by atoms with van der Waals surface area (Å²) < 4.78 is 5.79. The number of amides is 2. The second kappa shape index (κ2) is 7.75. The summed E-state index contributed by atoms with van der Waals surface area (Å²) in [5, 5.41) is 10.1. The van der Waals surface area contributed by atoms with E-state index in [0.29, 0.717) is 23.6 Å². The summed E-state index contributed by atoms with van der Waals surface area (Å²) >= 11 is 0. The predicted molar refractivity (Wildman–Crippen MR) is 106 cm³/mol. The monoisotopic (exact) mass is 375 g/mol. The lowest BCUT2D eigenvalue weighted by Crippen LogP contribution is -2.37. The Morgan fingerprint density at radius 2 is 1.79 bits per heavy atom. The molecule has 0 radical (unpaired) electrons. The van der Waals surface area contributed by atoms with Crippen LogP contribution in [-0.4, -0.2) is 34.9 Å². The largest absolute Gasteiger partial charge is 0.456 e. The van der Waals surface area contributed by atoms with Crippen molar-refractivity contribution in [1.29, 1.82) is 0 Å². The van der Waals surface area contributed by atoms with Crippen molar-refractivity contribution in [1.82, 2.24) is 15.3 Å². The highest BCUT2D eigenvalue weighted by atomic mass is 16.3. The highest BCUT2D eigenvalue weighted by molar-refractivity contribution is 6.39. The van der Waals surface area contributed by atoms with Gasteiger partial charge in [0.25, 0.3) is 0 Å². The first-order valence-electron chi connectivity index (χ1n) is 8.71. The molecule has 0 atom stereocenters. The van der Waals surface area contributed by atoms with E-state index in [9.17, 15) is 9.59 Å². The Morgan fingerprint density at radius 1 is 0.929 bits per heavy atom. The number of nitrogens with one attached hydrogen (secondary N) is 3. The van der Waals surface area contributed by atoms with Gasteiger partial charge in [-0.25, -0.2) is 4.98 Å². The molecule has 28 heavy (non-hydrogen) atoms. The molecule has 0 saturated heterocycles. The second-order valence-electron chi connectivity index (χ2n) is 6.04. The summed E-state index contributed by atoms with van der Waals surface area (Å²) in [6.07, 6.45) is 4.70. The summed E-state index contributed by atoms with van der Waals surface area (Å²) in [5.41, 5.74) is 1.91. The van der Waals surface area contributed by atoms with E-state index in [1.807, 2.05) is 30.3 Å². The van der Waals surface area contributed by atoms with Gasteiger partial charge in [0.1, 0.15) is 17.0 Å². The predicted octanol–water partition coefficient (Wildman–Crippen LogP) is 2.54. The average Bonchev–Trinajstić information content (AvgIpc) is 3.09. The minimum Gasteiger partial charge on any atom is -0.456 e. The second-order valence-corrected chi connectivity index (χ2v) is 6.04. The molecule has 0 aliphatic rings. The minimum atomic E-state index is -0.741. The molecule has 2 amide bonds. The molecule has 8 heteroatoms. The summed E-state index contributed by atoms with van der Waals surface area (Å²) in [6, 6.07) is 13.0. The summed E-state index contributed by atoms with van der Waals surface area (Å²) in [5.74, 6) is -0.860. The van der Waals surface area contributed by atoms with Crippen LogP contribution in [0.1, 0.15) is 0 Å². The third-order valence-electron chi connectivity index (χ3n) is 4.12. The lowest BCUT2D eigenvalue weighted by atomic mass is 10.1. The van der Waals surface area contributed by atoms with E-state index >= 15 is 0 Å². The van der Waals surface area contributed by atoms with Gasteiger partial charge in [0.2, 0.25) is 0 Å². The first-order valence-corrected chi connectivity index (χ1v) is 8.71. The Hall–Kier alpha value is -3.94. The number of para-hydroxylation sites is 1. The fourth-order valence-corrected chi connectivity index (χ4v) is 2.83. The number of nitrogens with zero attached hydrogens (tertiary/aromatic N) is 2. The van der Waals surface area contributed by atoms with Crippen LogP contribution in [-0.2, 0) is 9.59 Å². The van der Waals surface area contributed by atoms with Crippen LogP contribution >= 0.6 is 0 Å². The van der Waals surface area contributed by atoms with Gasteiger partial charge in [0.15, 0.2) is 0 Å². The lowest BCUT2D eigenvalue weighted by molar-refractivity contribution is -0.136. The number of anilines is 2. The van der Waals surface area contributed by atoms with Gasteiger partial charge in [0.05, 0.1) is 6.20 Å². The molecule has 0 aliphatic heterocycles. The van der Waals surface area contributed by atoms with Gasteiger partial charge in [-0.1, -0.05) is 18.2 Å². The molecule has 8 nitrogen and oxygen atoms in total. The van der Waals surface area contributed by atoms with E-state index in [4.69, 9.17) is 4.42 Å². The van der Waals surface area contributed by atoms with Crippen molar-refractivity contribution >= 4 is 45.3 Å². The molecule has 4 aromatic rings. The fourth-order valence-electron chi connectivity index (χ4n) is 2.83. The van der Waals surface area contributed by atoms with Crippen LogP contribution in [0.25, 0.3) is 21.9 Å². The number of fused-ring (bicyclic) bond motifs is 3. The van der Waals surface area contributed by atoms with Gasteiger partial charge >= 0.3 is 11.8 Å². The lowest BCUT2D eigenvalue weighted by Gasteiger charge is -2.07. The Bertz CT molecular complexity index is 1140. The Morgan fingerprint density at radius 3 is 2.64 bits per heavy atom. The zero-order valence-electron chi connectivity index (χ0n) is 14.8. The molecule has 4 rings (SSSR count). The molecule has 0 saturated carbocycles. The molecular weight excluding hydrogens is 358 g/mol. The van der Waals surface area contributed by atoms with Gasteiger partial charge in [0, 0.05) is 48.0 Å². The van der Waals surface area contributed by atoms with Crippen LogP contribution < -0.4 is 16.0 Å². The Labute approximate surface area is 160 Å². The number of carbonyl (C=O) groups is 2. The van der Waals surface area contributed by atoms with Crippen molar-refractivity contribution in [3.05, 3.63) is 61.1 Å². The van der Waals surface area contributed by atoms with Crippen LogP contribution in [0.4, 0.5) is 11.5 Å². The smallest absolute Gasteiger partial charge is 0.313 e. The van der Waals surface area contributed by atoms with E-state index in [0.717, 1.165) is 16.4 Å². The third kappa shape index (κ3) is 3.75. The van der Waals surface area contributed by atoms with Gasteiger partial charge in [-0.2, -0.15) is 0 Å². The normalized spacial score (nSPS) is 10.7. The minimum absolute atomic E-state index is 0.269. The van der Waals surface area contributed by atoms with E-state index in [1.54, 1.807) is 30.7 Å². The number of aromatic nitrogens is 2. The number of furan rings is 1. The van der Waals surface area contributed by atoms with Crippen molar-refractivity contribution < 1.29 is 14.0 Å². The Balaban J connectivity index is 1.33. The maximum Gasteiger partial charge on any atom is 0.313 e. The highest BCUT2D eigenvalue weighted by Gasteiger charge is 2.14. The molecule has 0 bridgehead atoms. The number of carbonyl (C=O) groups excluding carboxylic acids is 2. The van der Waals surface area contributed by atoms with Crippen LogP contribution in [0.15, 0.2) is 65.5 Å². The van der Waals surface area contributed by atoms with Crippen LogP contribution in [0, 0.1) is 0 Å². The SMILES string of the molecule is O=C(NCCNc1cnccn1)C(=O)Nc1ccc2c(c1)oc1ccccc12. The third-order valence-corrected chi connectivity index (χ3v) is 4.12. The van der Waals surface area contributed by atoms with Crippen LogP contribution in [0.2, 0.25) is 0 Å². The quantitative estimate of drug-likeness (QED) is 0.365. The van der Waals surface area contributed by atoms with Crippen molar-refractivity contribution in [3.63, 3.8) is 0 Å². The van der Waals surface area contributed by atoms with Gasteiger partial charge in [-0.3, -0.25) is 14.6 Å². The number of benzene rings is 2. The highest BCUT2D eigenvalue weighted by Crippen LogP contribution is 2.30.